The summed E-state index contributed by atoms with van der Waals surface area (Å²) >= 11 is 0. The van der Waals surface area contributed by atoms with Gasteiger partial charge in [-0.1, -0.05) is 18.2 Å². The average Bonchev–Trinajstić information content (AvgIpc) is 2.71. The number of carbonyl (C=O) groups is 2. The number of para-hydroxylation sites is 1. The predicted octanol–water partition coefficient (Wildman–Crippen LogP) is 1.35. The number of amides is 2. The standard InChI is InChI=1S/C19H23N3O5/c1-25-16-9-7-15(8-10-16)20-13-18(23)21-22-19(24)14-26-11-12-27-17-5-3-2-4-6-17/h2-10,20H,11-14H2,1H3,(H,21,23)(H,22,24). The molecule has 0 aliphatic carbocycles. The highest BCUT2D eigenvalue weighted by atomic mass is 16.5. The summed E-state index contributed by atoms with van der Waals surface area (Å²) in [5.41, 5.74) is 5.35. The zero-order valence-electron chi connectivity index (χ0n) is 15.1. The van der Waals surface area contributed by atoms with E-state index in [4.69, 9.17) is 14.2 Å². The van der Waals surface area contributed by atoms with Crippen molar-refractivity contribution in [3.63, 3.8) is 0 Å². The van der Waals surface area contributed by atoms with Crippen molar-refractivity contribution >= 4 is 17.5 Å². The number of rotatable bonds is 10. The van der Waals surface area contributed by atoms with Crippen LogP contribution in [0.3, 0.4) is 0 Å². The molecule has 0 spiro atoms. The monoisotopic (exact) mass is 373 g/mol. The normalized spacial score (nSPS) is 9.96. The maximum Gasteiger partial charge on any atom is 0.264 e. The average molecular weight is 373 g/mol. The topological polar surface area (TPSA) is 97.9 Å². The fourth-order valence-corrected chi connectivity index (χ4v) is 2.01. The fourth-order valence-electron chi connectivity index (χ4n) is 2.01. The van der Waals surface area contributed by atoms with E-state index in [2.05, 4.69) is 16.2 Å². The van der Waals surface area contributed by atoms with Gasteiger partial charge in [0.05, 0.1) is 20.3 Å². The van der Waals surface area contributed by atoms with Gasteiger partial charge >= 0.3 is 0 Å². The van der Waals surface area contributed by atoms with Crippen LogP contribution in [0, 0.1) is 0 Å². The molecular weight excluding hydrogens is 350 g/mol. The number of hydrazine groups is 1. The van der Waals surface area contributed by atoms with E-state index >= 15 is 0 Å². The van der Waals surface area contributed by atoms with E-state index in [-0.39, 0.29) is 25.7 Å². The molecule has 0 radical (unpaired) electrons. The Morgan fingerprint density at radius 3 is 2.26 bits per heavy atom. The first-order valence-electron chi connectivity index (χ1n) is 8.38. The van der Waals surface area contributed by atoms with Gasteiger partial charge in [0.2, 0.25) is 0 Å². The highest BCUT2D eigenvalue weighted by Gasteiger charge is 2.05. The summed E-state index contributed by atoms with van der Waals surface area (Å²) in [6.45, 7) is 0.424. The molecule has 8 heteroatoms. The van der Waals surface area contributed by atoms with Crippen molar-refractivity contribution in [2.75, 3.05) is 38.8 Å². The molecule has 27 heavy (non-hydrogen) atoms. The maximum atomic E-state index is 11.7. The molecule has 2 aromatic rings. The van der Waals surface area contributed by atoms with Crippen LogP contribution in [0.2, 0.25) is 0 Å². The summed E-state index contributed by atoms with van der Waals surface area (Å²) in [5.74, 6) is 0.632. The first-order chi connectivity index (χ1) is 13.2. The lowest BCUT2D eigenvalue weighted by Crippen LogP contribution is -2.45. The third kappa shape index (κ3) is 8.10. The zero-order chi connectivity index (χ0) is 19.3. The van der Waals surface area contributed by atoms with Gasteiger partial charge in [-0.05, 0) is 36.4 Å². The number of benzene rings is 2. The highest BCUT2D eigenvalue weighted by Crippen LogP contribution is 2.14. The number of nitrogens with one attached hydrogen (secondary N) is 3. The molecule has 0 saturated carbocycles. The van der Waals surface area contributed by atoms with Crippen LogP contribution >= 0.6 is 0 Å². The molecule has 0 fully saturated rings. The lowest BCUT2D eigenvalue weighted by molar-refractivity contribution is -0.131. The molecule has 3 N–H and O–H groups in total. The molecule has 0 saturated heterocycles. The van der Waals surface area contributed by atoms with Crippen molar-refractivity contribution in [3.05, 3.63) is 54.6 Å². The molecule has 0 unspecified atom stereocenters. The van der Waals surface area contributed by atoms with E-state index < -0.39 is 5.91 Å². The number of methoxy groups -OCH3 is 1. The molecular formula is C19H23N3O5. The van der Waals surface area contributed by atoms with Crippen LogP contribution in [-0.2, 0) is 14.3 Å². The summed E-state index contributed by atoms with van der Waals surface area (Å²) in [5, 5.41) is 2.93. The summed E-state index contributed by atoms with van der Waals surface area (Å²) in [7, 11) is 1.58. The van der Waals surface area contributed by atoms with Gasteiger partial charge in [0.25, 0.3) is 11.8 Å². The second kappa shape index (κ2) is 11.4. The van der Waals surface area contributed by atoms with Crippen molar-refractivity contribution < 1.29 is 23.8 Å². The molecule has 2 aromatic carbocycles. The van der Waals surface area contributed by atoms with E-state index in [0.29, 0.717) is 6.61 Å². The van der Waals surface area contributed by atoms with Gasteiger partial charge in [0.15, 0.2) is 0 Å². The van der Waals surface area contributed by atoms with Crippen LogP contribution in [0.25, 0.3) is 0 Å². The zero-order valence-corrected chi connectivity index (χ0v) is 15.1. The van der Waals surface area contributed by atoms with E-state index in [9.17, 15) is 9.59 Å². The molecule has 0 aliphatic heterocycles. The molecule has 0 bridgehead atoms. The Kier molecular flexibility index (Phi) is 8.45. The van der Waals surface area contributed by atoms with E-state index in [1.54, 1.807) is 31.4 Å². The molecule has 2 amide bonds. The number of hydrogen-bond acceptors (Lipinski definition) is 6. The minimum atomic E-state index is -0.451. The molecule has 0 aromatic heterocycles. The first kappa shape index (κ1) is 20.1. The first-order valence-corrected chi connectivity index (χ1v) is 8.38. The fraction of sp³-hybridized carbons (Fsp3) is 0.263. The van der Waals surface area contributed by atoms with Gasteiger partial charge < -0.3 is 19.5 Å². The van der Waals surface area contributed by atoms with E-state index in [1.807, 2.05) is 30.3 Å². The lowest BCUT2D eigenvalue weighted by Gasteiger charge is -2.10. The molecule has 144 valence electrons. The van der Waals surface area contributed by atoms with Gasteiger partial charge in [-0.3, -0.25) is 20.4 Å². The van der Waals surface area contributed by atoms with E-state index in [1.165, 1.54) is 0 Å². The summed E-state index contributed by atoms with van der Waals surface area (Å²) in [6.07, 6.45) is 0. The van der Waals surface area contributed by atoms with Crippen molar-refractivity contribution in [1.29, 1.82) is 0 Å². The Hall–Kier alpha value is -3.26. The van der Waals surface area contributed by atoms with Crippen molar-refractivity contribution in [2.45, 2.75) is 0 Å². The highest BCUT2D eigenvalue weighted by molar-refractivity contribution is 5.84. The minimum absolute atomic E-state index is 0.0123. The Labute approximate surface area is 157 Å². The van der Waals surface area contributed by atoms with Crippen molar-refractivity contribution in [1.82, 2.24) is 10.9 Å². The smallest absolute Gasteiger partial charge is 0.264 e. The number of hydrogen-bond donors (Lipinski definition) is 3. The van der Waals surface area contributed by atoms with Crippen LogP contribution in [0.5, 0.6) is 11.5 Å². The van der Waals surface area contributed by atoms with E-state index in [0.717, 1.165) is 17.2 Å². The van der Waals surface area contributed by atoms with Crippen molar-refractivity contribution in [3.8, 4) is 11.5 Å². The van der Waals surface area contributed by atoms with Crippen LogP contribution in [-0.4, -0.2) is 45.3 Å². The van der Waals surface area contributed by atoms with Gasteiger partial charge in [-0.25, -0.2) is 0 Å². The number of carbonyl (C=O) groups excluding carboxylic acids is 2. The number of ether oxygens (including phenoxy) is 3. The Balaban J connectivity index is 1.52. The van der Waals surface area contributed by atoms with Gasteiger partial charge in [-0.2, -0.15) is 0 Å². The molecule has 8 nitrogen and oxygen atoms in total. The minimum Gasteiger partial charge on any atom is -0.497 e. The second-order valence-electron chi connectivity index (χ2n) is 5.39. The summed E-state index contributed by atoms with van der Waals surface area (Å²) in [6, 6.07) is 16.4. The predicted molar refractivity (Wildman–Crippen MR) is 101 cm³/mol. The third-order valence-electron chi connectivity index (χ3n) is 3.36. The molecule has 0 atom stereocenters. The van der Waals surface area contributed by atoms with Crippen LogP contribution < -0.4 is 25.6 Å². The maximum absolute atomic E-state index is 11.7. The molecule has 2 rings (SSSR count). The summed E-state index contributed by atoms with van der Waals surface area (Å²) < 4.78 is 15.7. The Morgan fingerprint density at radius 2 is 1.56 bits per heavy atom. The third-order valence-corrected chi connectivity index (χ3v) is 3.36. The SMILES string of the molecule is COc1ccc(NCC(=O)NNC(=O)COCCOc2ccccc2)cc1. The van der Waals surface area contributed by atoms with Crippen LogP contribution in [0.1, 0.15) is 0 Å². The quantitative estimate of drug-likeness (QED) is 0.430. The second-order valence-corrected chi connectivity index (χ2v) is 5.39. The Morgan fingerprint density at radius 1 is 0.852 bits per heavy atom. The van der Waals surface area contributed by atoms with Gasteiger partial charge in [-0.15, -0.1) is 0 Å². The molecule has 0 aliphatic rings. The Bertz CT molecular complexity index is 707. The largest absolute Gasteiger partial charge is 0.497 e. The van der Waals surface area contributed by atoms with Gasteiger partial charge in [0, 0.05) is 5.69 Å². The van der Waals surface area contributed by atoms with Crippen molar-refractivity contribution in [2.24, 2.45) is 0 Å². The lowest BCUT2D eigenvalue weighted by atomic mass is 10.3. The number of anilines is 1. The van der Waals surface area contributed by atoms with Gasteiger partial charge in [0.1, 0.15) is 24.7 Å². The van der Waals surface area contributed by atoms with Crippen LogP contribution in [0.15, 0.2) is 54.6 Å². The summed E-state index contributed by atoms with van der Waals surface area (Å²) in [4.78, 5) is 23.3. The molecule has 0 heterocycles. The van der Waals surface area contributed by atoms with Crippen LogP contribution in [0.4, 0.5) is 5.69 Å².